The number of halogens is 2. The Bertz CT molecular complexity index is 709. The zero-order valence-corrected chi connectivity index (χ0v) is 11.4. The molecule has 3 atom stereocenters. The van der Waals surface area contributed by atoms with Crippen molar-refractivity contribution in [3.63, 3.8) is 0 Å². The van der Waals surface area contributed by atoms with Gasteiger partial charge in [0, 0.05) is 12.0 Å². The lowest BCUT2D eigenvalue weighted by Crippen LogP contribution is -2.29. The summed E-state index contributed by atoms with van der Waals surface area (Å²) in [5.74, 6) is -0.632. The van der Waals surface area contributed by atoms with Crippen molar-refractivity contribution < 1.29 is 8.78 Å². The minimum atomic E-state index is -0.510. The van der Waals surface area contributed by atoms with Crippen molar-refractivity contribution in [2.75, 3.05) is 5.32 Å². The first-order valence-corrected chi connectivity index (χ1v) is 7.21. The monoisotopic (exact) mass is 283 g/mol. The van der Waals surface area contributed by atoms with Crippen LogP contribution >= 0.6 is 0 Å². The summed E-state index contributed by atoms with van der Waals surface area (Å²) in [5.41, 5.74) is 2.32. The van der Waals surface area contributed by atoms with Crippen molar-refractivity contribution in [1.82, 2.24) is 0 Å². The molecule has 1 aliphatic carbocycles. The van der Waals surface area contributed by atoms with Crippen molar-refractivity contribution in [2.45, 2.75) is 18.4 Å². The van der Waals surface area contributed by atoms with Crippen molar-refractivity contribution >= 4 is 5.69 Å². The van der Waals surface area contributed by atoms with Crippen LogP contribution in [-0.2, 0) is 0 Å². The van der Waals surface area contributed by atoms with Crippen LogP contribution < -0.4 is 5.32 Å². The maximum Gasteiger partial charge on any atom is 0.149 e. The van der Waals surface area contributed by atoms with Crippen molar-refractivity contribution in [1.29, 1.82) is 0 Å². The van der Waals surface area contributed by atoms with Crippen LogP contribution in [0, 0.1) is 17.6 Å². The standard InChI is InChI=1S/C18H15F2N/c19-12-9-15-13-7-4-8-14(13)17(11-5-2-1-3-6-11)21-18(15)16(20)10-12/h1-7,9-10,13-14,17,21H,8H2/t13-,14+,17-/m1/s1. The van der Waals surface area contributed by atoms with E-state index in [1.165, 1.54) is 6.07 Å². The highest BCUT2D eigenvalue weighted by Crippen LogP contribution is 2.50. The summed E-state index contributed by atoms with van der Waals surface area (Å²) < 4.78 is 27.7. The summed E-state index contributed by atoms with van der Waals surface area (Å²) in [7, 11) is 0. The summed E-state index contributed by atoms with van der Waals surface area (Å²) in [6.45, 7) is 0. The molecule has 106 valence electrons. The van der Waals surface area contributed by atoms with Crippen LogP contribution in [0.1, 0.15) is 29.5 Å². The Balaban J connectivity index is 1.84. The van der Waals surface area contributed by atoms with Gasteiger partial charge in [-0.15, -0.1) is 0 Å². The van der Waals surface area contributed by atoms with Gasteiger partial charge in [0.1, 0.15) is 11.6 Å². The third-order valence-electron chi connectivity index (χ3n) is 4.54. The molecule has 1 N–H and O–H groups in total. The fraction of sp³-hybridized carbons (Fsp3) is 0.222. The summed E-state index contributed by atoms with van der Waals surface area (Å²) >= 11 is 0. The first kappa shape index (κ1) is 12.6. The first-order chi connectivity index (χ1) is 10.2. The summed E-state index contributed by atoms with van der Waals surface area (Å²) in [6.07, 6.45) is 5.12. The van der Waals surface area contributed by atoms with Crippen LogP contribution in [0.5, 0.6) is 0 Å². The average molecular weight is 283 g/mol. The van der Waals surface area contributed by atoms with Crippen molar-refractivity contribution in [2.24, 2.45) is 5.92 Å². The van der Waals surface area contributed by atoms with Crippen molar-refractivity contribution in [3.8, 4) is 0 Å². The molecule has 3 heteroatoms. The zero-order chi connectivity index (χ0) is 14.4. The SMILES string of the molecule is Fc1cc(F)c2c(c1)[C@@H]1C=CC[C@@H]1[C@@H](c1ccccc1)N2. The van der Waals surface area contributed by atoms with E-state index in [9.17, 15) is 8.78 Å². The van der Waals surface area contributed by atoms with Gasteiger partial charge in [-0.1, -0.05) is 42.5 Å². The predicted octanol–water partition coefficient (Wildman–Crippen LogP) is 4.79. The number of allylic oxidation sites excluding steroid dienone is 2. The van der Waals surface area contributed by atoms with Gasteiger partial charge in [0.15, 0.2) is 0 Å². The van der Waals surface area contributed by atoms with Gasteiger partial charge in [-0.3, -0.25) is 0 Å². The highest BCUT2D eigenvalue weighted by atomic mass is 19.1. The van der Waals surface area contributed by atoms with Crippen LogP contribution in [0.15, 0.2) is 54.6 Å². The number of anilines is 1. The molecule has 0 aromatic heterocycles. The van der Waals surface area contributed by atoms with E-state index in [1.54, 1.807) is 0 Å². The van der Waals surface area contributed by atoms with E-state index in [4.69, 9.17) is 0 Å². The molecule has 0 spiro atoms. The Hall–Kier alpha value is -2.16. The molecule has 2 aliphatic rings. The topological polar surface area (TPSA) is 12.0 Å². The second-order valence-corrected chi connectivity index (χ2v) is 5.74. The van der Waals surface area contributed by atoms with E-state index in [0.717, 1.165) is 23.6 Å². The van der Waals surface area contributed by atoms with E-state index in [-0.39, 0.29) is 12.0 Å². The van der Waals surface area contributed by atoms with Gasteiger partial charge < -0.3 is 5.32 Å². The molecule has 0 unspecified atom stereocenters. The molecular formula is C18H15F2N. The van der Waals surface area contributed by atoms with E-state index < -0.39 is 11.6 Å². The van der Waals surface area contributed by atoms with Gasteiger partial charge in [-0.25, -0.2) is 8.78 Å². The van der Waals surface area contributed by atoms with E-state index >= 15 is 0 Å². The summed E-state index contributed by atoms with van der Waals surface area (Å²) in [6, 6.07) is 12.5. The van der Waals surface area contributed by atoms with Gasteiger partial charge in [-0.2, -0.15) is 0 Å². The fourth-order valence-corrected chi connectivity index (χ4v) is 3.61. The highest BCUT2D eigenvalue weighted by molar-refractivity contribution is 5.60. The highest BCUT2D eigenvalue weighted by Gasteiger charge is 2.39. The Morgan fingerprint density at radius 2 is 1.86 bits per heavy atom. The second-order valence-electron chi connectivity index (χ2n) is 5.74. The molecule has 0 radical (unpaired) electrons. The molecule has 2 aromatic rings. The van der Waals surface area contributed by atoms with Crippen LogP contribution in [-0.4, -0.2) is 0 Å². The van der Waals surface area contributed by atoms with Crippen molar-refractivity contribution in [3.05, 3.63) is 77.4 Å². The Labute approximate surface area is 122 Å². The lowest BCUT2D eigenvalue weighted by atomic mass is 9.77. The quantitative estimate of drug-likeness (QED) is 0.742. The minimum Gasteiger partial charge on any atom is -0.375 e. The molecule has 1 aliphatic heterocycles. The molecule has 0 amide bonds. The minimum absolute atomic E-state index is 0.0543. The molecule has 0 fully saturated rings. The van der Waals surface area contributed by atoms with Gasteiger partial charge in [0.05, 0.1) is 11.7 Å². The summed E-state index contributed by atoms with van der Waals surface area (Å²) in [4.78, 5) is 0. The molecular weight excluding hydrogens is 268 g/mol. The Morgan fingerprint density at radius 1 is 1.05 bits per heavy atom. The van der Waals surface area contributed by atoms with E-state index in [1.807, 2.05) is 18.2 Å². The molecule has 0 saturated carbocycles. The number of fused-ring (bicyclic) bond motifs is 3. The van der Waals surface area contributed by atoms with Gasteiger partial charge in [0.25, 0.3) is 0 Å². The van der Waals surface area contributed by atoms with E-state index in [0.29, 0.717) is 11.6 Å². The third-order valence-corrected chi connectivity index (χ3v) is 4.54. The Kier molecular flexibility index (Phi) is 2.81. The molecule has 2 aromatic carbocycles. The van der Waals surface area contributed by atoms with Gasteiger partial charge >= 0.3 is 0 Å². The van der Waals surface area contributed by atoms with Crippen LogP contribution in [0.25, 0.3) is 0 Å². The van der Waals surface area contributed by atoms with Gasteiger partial charge in [-0.05, 0) is 29.5 Å². The maximum absolute atomic E-state index is 14.2. The second kappa shape index (κ2) is 4.69. The van der Waals surface area contributed by atoms with Crippen LogP contribution in [0.3, 0.4) is 0 Å². The Morgan fingerprint density at radius 3 is 2.67 bits per heavy atom. The number of hydrogen-bond donors (Lipinski definition) is 1. The molecule has 1 nitrogen and oxygen atoms in total. The lowest BCUT2D eigenvalue weighted by molar-refractivity contribution is 0.418. The van der Waals surface area contributed by atoms with E-state index in [2.05, 4.69) is 29.6 Å². The third kappa shape index (κ3) is 1.96. The number of rotatable bonds is 1. The first-order valence-electron chi connectivity index (χ1n) is 7.21. The normalized spacial score (nSPS) is 26.1. The number of nitrogens with one attached hydrogen (secondary N) is 1. The zero-order valence-electron chi connectivity index (χ0n) is 11.4. The van der Waals surface area contributed by atoms with Crippen LogP contribution in [0.4, 0.5) is 14.5 Å². The molecule has 0 saturated heterocycles. The predicted molar refractivity (Wildman–Crippen MR) is 79.2 cm³/mol. The average Bonchev–Trinajstić information content (AvgIpc) is 2.97. The summed E-state index contributed by atoms with van der Waals surface area (Å²) in [5, 5.41) is 3.30. The molecule has 0 bridgehead atoms. The fourth-order valence-electron chi connectivity index (χ4n) is 3.61. The lowest BCUT2D eigenvalue weighted by Gasteiger charge is -2.37. The number of benzene rings is 2. The van der Waals surface area contributed by atoms with Gasteiger partial charge in [0.2, 0.25) is 0 Å². The number of hydrogen-bond acceptors (Lipinski definition) is 1. The molecule has 21 heavy (non-hydrogen) atoms. The largest absolute Gasteiger partial charge is 0.375 e. The molecule has 1 heterocycles. The maximum atomic E-state index is 14.2. The molecule has 4 rings (SSSR count). The smallest absolute Gasteiger partial charge is 0.149 e. The van der Waals surface area contributed by atoms with Crippen LogP contribution in [0.2, 0.25) is 0 Å².